The first kappa shape index (κ1) is 28.9. The van der Waals surface area contributed by atoms with Crippen LogP contribution in [0.5, 0.6) is 11.5 Å². The molecule has 0 spiro atoms. The molecule has 10 nitrogen and oxygen atoms in total. The molecule has 2 aromatic heterocycles. The van der Waals surface area contributed by atoms with Gasteiger partial charge in [-0.1, -0.05) is 6.07 Å². The number of amides is 2. The Morgan fingerprint density at radius 3 is 2.67 bits per heavy atom. The number of carbonyl (C=O) groups excluding carboxylic acids is 2. The Morgan fingerprint density at radius 2 is 1.98 bits per heavy atom. The number of pyridine rings is 2. The van der Waals surface area contributed by atoms with Crippen LogP contribution in [-0.2, 0) is 15.8 Å². The van der Waals surface area contributed by atoms with Gasteiger partial charge in [0, 0.05) is 28.3 Å². The number of hydrogen-bond acceptors (Lipinski definition) is 8. The first-order valence-corrected chi connectivity index (χ1v) is 13.3. The molecule has 0 radical (unpaired) electrons. The summed E-state index contributed by atoms with van der Waals surface area (Å²) < 4.78 is 25.2. The van der Waals surface area contributed by atoms with E-state index < -0.39 is 34.8 Å². The maximum absolute atomic E-state index is 13.7. The Bertz CT molecular complexity index is 1670. The topological polar surface area (TPSA) is 157 Å². The lowest BCUT2D eigenvalue weighted by molar-refractivity contribution is -0.123. The third-order valence-corrected chi connectivity index (χ3v) is 7.29. The Hall–Kier alpha value is -4.61. The van der Waals surface area contributed by atoms with E-state index in [0.717, 1.165) is 0 Å². The van der Waals surface area contributed by atoms with Crippen LogP contribution < -0.4 is 20.5 Å². The zero-order valence-corrected chi connectivity index (χ0v) is 23.3. The molecule has 4 aromatic rings. The lowest BCUT2D eigenvalue weighted by atomic mass is 9.82. The number of halogens is 1. The van der Waals surface area contributed by atoms with Gasteiger partial charge in [-0.3, -0.25) is 14.6 Å². The van der Waals surface area contributed by atoms with Gasteiger partial charge in [-0.25, -0.2) is 9.37 Å². The van der Waals surface area contributed by atoms with Crippen molar-refractivity contribution in [3.8, 4) is 22.8 Å². The van der Waals surface area contributed by atoms with Crippen LogP contribution in [-0.4, -0.2) is 57.9 Å². The minimum absolute atomic E-state index is 0.0137. The van der Waals surface area contributed by atoms with Gasteiger partial charge in [0.1, 0.15) is 52.8 Å². The number of hydrogen-bond donors (Lipinski definition) is 4. The Morgan fingerprint density at radius 1 is 1.24 bits per heavy atom. The summed E-state index contributed by atoms with van der Waals surface area (Å²) in [5.74, 6) is -0.890. The van der Waals surface area contributed by atoms with Crippen molar-refractivity contribution in [1.29, 1.82) is 0 Å². The summed E-state index contributed by atoms with van der Waals surface area (Å²) in [6.07, 6.45) is 0.879. The maximum Gasteiger partial charge on any atom is 0.251 e. The van der Waals surface area contributed by atoms with Gasteiger partial charge in [0.2, 0.25) is 5.91 Å². The Kier molecular flexibility index (Phi) is 7.56. The van der Waals surface area contributed by atoms with Crippen molar-refractivity contribution in [3.63, 3.8) is 0 Å². The van der Waals surface area contributed by atoms with E-state index in [0.29, 0.717) is 39.2 Å². The Balaban J connectivity index is 1.47. The predicted molar refractivity (Wildman–Crippen MR) is 152 cm³/mol. The molecule has 2 amide bonds. The van der Waals surface area contributed by atoms with Gasteiger partial charge in [0.25, 0.3) is 5.91 Å². The average Bonchev–Trinajstić information content (AvgIpc) is 3.32. The van der Waals surface area contributed by atoms with Gasteiger partial charge in [0.15, 0.2) is 0 Å². The lowest BCUT2D eigenvalue weighted by Crippen LogP contribution is -2.41. The maximum atomic E-state index is 13.7. The van der Waals surface area contributed by atoms with E-state index in [4.69, 9.17) is 15.2 Å². The quantitative estimate of drug-likeness (QED) is 0.238. The number of aliphatic hydroxyl groups excluding tert-OH is 1. The summed E-state index contributed by atoms with van der Waals surface area (Å²) in [5.41, 5.74) is 5.04. The Labute approximate surface area is 241 Å². The lowest BCUT2D eigenvalue weighted by Gasteiger charge is -2.26. The van der Waals surface area contributed by atoms with Crippen LogP contribution in [0.25, 0.3) is 22.2 Å². The van der Waals surface area contributed by atoms with Crippen molar-refractivity contribution in [3.05, 3.63) is 83.4 Å². The standard InChI is InChI=1S/C31H31FN4O6/c1-17(37)14-41-23-12-20(11-19-5-4-10-34-25(19)23)28(38)35-15-31(3,40)24-13-22-27(42-16-30(22,2)29(33)39)26(36-24)18-6-8-21(32)9-7-18/h4-13,17,37,40H,14-16H2,1-3H3,(H2,33,39)(H,35,38)/t17-,30+,31+/m1/s1. The number of nitrogens with one attached hydrogen (secondary N) is 1. The molecule has 42 heavy (non-hydrogen) atoms. The van der Waals surface area contributed by atoms with Gasteiger partial charge in [-0.15, -0.1) is 0 Å². The van der Waals surface area contributed by atoms with Gasteiger partial charge >= 0.3 is 0 Å². The molecule has 218 valence electrons. The zero-order chi connectivity index (χ0) is 30.2. The largest absolute Gasteiger partial charge is 0.489 e. The number of aromatic nitrogens is 2. The summed E-state index contributed by atoms with van der Waals surface area (Å²) in [7, 11) is 0. The number of nitrogens with two attached hydrogens (primary N) is 1. The van der Waals surface area contributed by atoms with Gasteiger partial charge in [-0.05, 0) is 69.3 Å². The SMILES string of the molecule is C[C@@H](O)COc1cc(C(=O)NC[C@](C)(O)c2cc3c(c(-c4ccc(F)cc4)n2)OC[C@]3(C)C(N)=O)cc2cccnc12. The number of carbonyl (C=O) groups is 2. The molecule has 1 aliphatic heterocycles. The van der Waals surface area contributed by atoms with Crippen LogP contribution in [0, 0.1) is 5.82 Å². The second kappa shape index (κ2) is 11.0. The molecule has 3 heterocycles. The summed E-state index contributed by atoms with van der Waals surface area (Å²) >= 11 is 0. The molecule has 0 saturated heterocycles. The molecule has 0 saturated carbocycles. The number of benzene rings is 2. The first-order chi connectivity index (χ1) is 19.9. The third kappa shape index (κ3) is 5.48. The number of ether oxygens (including phenoxy) is 2. The number of rotatable bonds is 9. The summed E-state index contributed by atoms with van der Waals surface area (Å²) in [6, 6.07) is 13.8. The molecule has 11 heteroatoms. The van der Waals surface area contributed by atoms with Gasteiger partial charge < -0.3 is 30.7 Å². The van der Waals surface area contributed by atoms with Crippen LogP contribution in [0.4, 0.5) is 4.39 Å². The normalized spacial score (nSPS) is 18.0. The van der Waals surface area contributed by atoms with E-state index in [1.807, 2.05) is 0 Å². The highest BCUT2D eigenvalue weighted by Gasteiger charge is 2.45. The molecule has 0 unspecified atom stereocenters. The van der Waals surface area contributed by atoms with Crippen molar-refractivity contribution in [2.75, 3.05) is 19.8 Å². The minimum Gasteiger partial charge on any atom is -0.489 e. The second-order valence-electron chi connectivity index (χ2n) is 10.9. The van der Waals surface area contributed by atoms with E-state index in [1.54, 1.807) is 44.3 Å². The van der Waals surface area contributed by atoms with E-state index in [2.05, 4.69) is 15.3 Å². The number of primary amides is 1. The smallest absolute Gasteiger partial charge is 0.251 e. The van der Waals surface area contributed by atoms with Crippen molar-refractivity contribution >= 4 is 22.7 Å². The number of fused-ring (bicyclic) bond motifs is 2. The van der Waals surface area contributed by atoms with Gasteiger partial charge in [0.05, 0.1) is 18.3 Å². The van der Waals surface area contributed by atoms with Crippen molar-refractivity contribution in [2.24, 2.45) is 5.73 Å². The van der Waals surface area contributed by atoms with E-state index >= 15 is 0 Å². The summed E-state index contributed by atoms with van der Waals surface area (Å²) in [4.78, 5) is 34.7. The molecule has 2 aromatic carbocycles. The molecule has 5 rings (SSSR count). The summed E-state index contributed by atoms with van der Waals surface area (Å²) in [5, 5.41) is 24.6. The van der Waals surface area contributed by atoms with Crippen LogP contribution in [0.3, 0.4) is 0 Å². The monoisotopic (exact) mass is 574 g/mol. The first-order valence-electron chi connectivity index (χ1n) is 13.3. The molecular weight excluding hydrogens is 543 g/mol. The number of aliphatic hydroxyl groups is 2. The minimum atomic E-state index is -1.70. The molecule has 5 N–H and O–H groups in total. The molecule has 1 aliphatic rings. The van der Waals surface area contributed by atoms with Crippen molar-refractivity contribution in [1.82, 2.24) is 15.3 Å². The third-order valence-electron chi connectivity index (χ3n) is 7.29. The predicted octanol–water partition coefficient (Wildman–Crippen LogP) is 2.97. The summed E-state index contributed by atoms with van der Waals surface area (Å²) in [6.45, 7) is 4.45. The zero-order valence-electron chi connectivity index (χ0n) is 23.3. The highest BCUT2D eigenvalue weighted by molar-refractivity contribution is 6.00. The van der Waals surface area contributed by atoms with Crippen LogP contribution >= 0.6 is 0 Å². The van der Waals surface area contributed by atoms with Crippen LogP contribution in [0.2, 0.25) is 0 Å². The molecule has 0 aliphatic carbocycles. The van der Waals surface area contributed by atoms with E-state index in [9.17, 15) is 24.2 Å². The molecule has 3 atom stereocenters. The van der Waals surface area contributed by atoms with Crippen molar-refractivity contribution < 1.29 is 33.7 Å². The van der Waals surface area contributed by atoms with Gasteiger partial charge in [-0.2, -0.15) is 0 Å². The fourth-order valence-electron chi connectivity index (χ4n) is 4.72. The van der Waals surface area contributed by atoms with Crippen LogP contribution in [0.15, 0.2) is 60.8 Å². The van der Waals surface area contributed by atoms with E-state index in [-0.39, 0.29) is 31.0 Å². The fourth-order valence-corrected chi connectivity index (χ4v) is 4.72. The fraction of sp³-hybridized carbons (Fsp3) is 0.290. The number of nitrogens with zero attached hydrogens (tertiary/aromatic N) is 2. The highest BCUT2D eigenvalue weighted by Crippen LogP contribution is 2.45. The van der Waals surface area contributed by atoms with Crippen molar-refractivity contribution in [2.45, 2.75) is 37.9 Å². The second-order valence-corrected chi connectivity index (χ2v) is 10.9. The highest BCUT2D eigenvalue weighted by atomic mass is 19.1. The molecule has 0 fully saturated rings. The average molecular weight is 575 g/mol. The van der Waals surface area contributed by atoms with Crippen LogP contribution in [0.1, 0.15) is 42.4 Å². The molecule has 0 bridgehead atoms. The van der Waals surface area contributed by atoms with E-state index in [1.165, 1.54) is 37.3 Å². The molecular formula is C31H31FN4O6.